The molecule has 0 heterocycles. The smallest absolute Gasteiger partial charge is 0.141 e. The zero-order valence-corrected chi connectivity index (χ0v) is 9.39. The van der Waals surface area contributed by atoms with E-state index in [9.17, 15) is 4.39 Å². The monoisotopic (exact) mass is 231 g/mol. The predicted molar refractivity (Wildman–Crippen MR) is 59.9 cm³/mol. The first-order chi connectivity index (χ1) is 7.13. The normalized spacial score (nSPS) is 11.0. The van der Waals surface area contributed by atoms with E-state index in [0.29, 0.717) is 6.67 Å². The summed E-state index contributed by atoms with van der Waals surface area (Å²) in [7, 11) is 1.95. The summed E-state index contributed by atoms with van der Waals surface area (Å²) in [6, 6.07) is 4.78. The van der Waals surface area contributed by atoms with Gasteiger partial charge in [-0.1, -0.05) is 17.7 Å². The van der Waals surface area contributed by atoms with Gasteiger partial charge in [-0.15, -0.1) is 0 Å². The van der Waals surface area contributed by atoms with E-state index in [4.69, 9.17) is 17.4 Å². The molecule has 0 unspecified atom stereocenters. The second-order valence-corrected chi connectivity index (χ2v) is 3.85. The number of rotatable bonds is 5. The van der Waals surface area contributed by atoms with Crippen LogP contribution in [0.4, 0.5) is 4.39 Å². The number of nitrogens with zero attached hydrogens (tertiary/aromatic N) is 1. The molecule has 0 aliphatic heterocycles. The molecule has 5 heteroatoms. The molecule has 0 aromatic heterocycles. The largest absolute Gasteiger partial charge is 0.292 e. The molecular weight excluding hydrogens is 217 g/mol. The third-order valence-corrected chi connectivity index (χ3v) is 2.42. The van der Waals surface area contributed by atoms with E-state index in [1.807, 2.05) is 11.9 Å². The molecule has 0 fully saturated rings. The Bertz CT molecular complexity index is 320. The number of halogens is 2. The van der Waals surface area contributed by atoms with Crippen molar-refractivity contribution in [2.24, 2.45) is 5.84 Å². The lowest BCUT2D eigenvalue weighted by molar-refractivity contribution is 0.313. The van der Waals surface area contributed by atoms with Crippen LogP contribution in [0.2, 0.25) is 5.02 Å². The van der Waals surface area contributed by atoms with Crippen molar-refractivity contribution in [2.75, 3.05) is 20.3 Å². The van der Waals surface area contributed by atoms with Crippen LogP contribution >= 0.6 is 11.6 Å². The van der Waals surface area contributed by atoms with Gasteiger partial charge in [-0.2, -0.15) is 0 Å². The maximum Gasteiger partial charge on any atom is 0.141 e. The maximum absolute atomic E-state index is 12.8. The number of nitrogens with two attached hydrogens (primary N) is 1. The van der Waals surface area contributed by atoms with Crippen molar-refractivity contribution in [3.63, 3.8) is 0 Å². The summed E-state index contributed by atoms with van der Waals surface area (Å²) in [4.78, 5) is 2.03. The van der Waals surface area contributed by atoms with Crippen LogP contribution in [0.1, 0.15) is 5.56 Å². The van der Waals surface area contributed by atoms with Crippen molar-refractivity contribution in [1.82, 2.24) is 10.3 Å². The van der Waals surface area contributed by atoms with Gasteiger partial charge in [-0.3, -0.25) is 10.7 Å². The second kappa shape index (κ2) is 6.02. The van der Waals surface area contributed by atoms with E-state index < -0.39 is 0 Å². The Kier molecular flexibility index (Phi) is 4.98. The van der Waals surface area contributed by atoms with E-state index in [1.165, 1.54) is 6.07 Å². The van der Waals surface area contributed by atoms with Crippen molar-refractivity contribution >= 4 is 11.6 Å². The quantitative estimate of drug-likeness (QED) is 0.457. The van der Waals surface area contributed by atoms with E-state index in [1.54, 1.807) is 12.1 Å². The van der Waals surface area contributed by atoms with E-state index in [0.717, 1.165) is 18.5 Å². The molecule has 0 aliphatic carbocycles. The number of hydrogen-bond donors (Lipinski definition) is 2. The topological polar surface area (TPSA) is 41.3 Å². The Morgan fingerprint density at radius 1 is 1.53 bits per heavy atom. The Hall–Kier alpha value is -0.680. The van der Waals surface area contributed by atoms with Crippen LogP contribution in [0.15, 0.2) is 18.2 Å². The first-order valence-corrected chi connectivity index (χ1v) is 5.07. The van der Waals surface area contributed by atoms with Crippen molar-refractivity contribution < 1.29 is 4.39 Å². The molecule has 0 saturated carbocycles. The van der Waals surface area contributed by atoms with Gasteiger partial charge in [0.2, 0.25) is 0 Å². The van der Waals surface area contributed by atoms with E-state index in [-0.39, 0.29) is 10.8 Å². The third kappa shape index (κ3) is 4.13. The Labute approximate surface area is 94.0 Å². The van der Waals surface area contributed by atoms with Crippen molar-refractivity contribution in [2.45, 2.75) is 6.42 Å². The lowest BCUT2D eigenvalue weighted by Gasteiger charge is -2.15. The number of benzene rings is 1. The lowest BCUT2D eigenvalue weighted by atomic mass is 10.1. The molecule has 1 aromatic rings. The van der Waals surface area contributed by atoms with E-state index in [2.05, 4.69) is 5.43 Å². The molecule has 0 saturated heterocycles. The van der Waals surface area contributed by atoms with Gasteiger partial charge < -0.3 is 0 Å². The van der Waals surface area contributed by atoms with Gasteiger partial charge in [0.1, 0.15) is 5.82 Å². The molecule has 0 bridgehead atoms. The van der Waals surface area contributed by atoms with E-state index >= 15 is 0 Å². The first kappa shape index (κ1) is 12.4. The standard InChI is InChI=1S/C10H15ClFN3/c1-15(7-14-13)5-4-8-2-3-10(12)9(11)6-8/h2-3,6,14H,4-5,7,13H2,1H3. The van der Waals surface area contributed by atoms with Crippen LogP contribution < -0.4 is 11.3 Å². The van der Waals surface area contributed by atoms with Crippen LogP contribution in [-0.4, -0.2) is 25.2 Å². The molecule has 0 amide bonds. The Morgan fingerprint density at radius 3 is 2.87 bits per heavy atom. The highest BCUT2D eigenvalue weighted by atomic mass is 35.5. The van der Waals surface area contributed by atoms with Gasteiger partial charge in [0, 0.05) is 6.54 Å². The summed E-state index contributed by atoms with van der Waals surface area (Å²) in [5.41, 5.74) is 3.58. The van der Waals surface area contributed by atoms with Crippen LogP contribution in [0.25, 0.3) is 0 Å². The van der Waals surface area contributed by atoms with Gasteiger partial charge >= 0.3 is 0 Å². The van der Waals surface area contributed by atoms with Gasteiger partial charge in [-0.05, 0) is 31.2 Å². The lowest BCUT2D eigenvalue weighted by Crippen LogP contribution is -2.36. The molecule has 0 radical (unpaired) electrons. The van der Waals surface area contributed by atoms with Gasteiger partial charge in [0.05, 0.1) is 11.7 Å². The molecule has 84 valence electrons. The maximum atomic E-state index is 12.8. The third-order valence-electron chi connectivity index (χ3n) is 2.13. The minimum absolute atomic E-state index is 0.173. The number of likely N-dealkylation sites (N-methyl/N-ethyl adjacent to an activating group) is 1. The highest BCUT2D eigenvalue weighted by Gasteiger charge is 2.02. The minimum atomic E-state index is -0.377. The van der Waals surface area contributed by atoms with Crippen molar-refractivity contribution in [1.29, 1.82) is 0 Å². The van der Waals surface area contributed by atoms with Gasteiger partial charge in [-0.25, -0.2) is 9.82 Å². The fourth-order valence-corrected chi connectivity index (χ4v) is 1.45. The molecule has 0 spiro atoms. The molecule has 0 aliphatic rings. The summed E-state index contributed by atoms with van der Waals surface area (Å²) >= 11 is 5.67. The van der Waals surface area contributed by atoms with Gasteiger partial charge in [0.15, 0.2) is 0 Å². The summed E-state index contributed by atoms with van der Waals surface area (Å²) in [5.74, 6) is 4.80. The fourth-order valence-electron chi connectivity index (χ4n) is 1.25. The summed E-state index contributed by atoms with van der Waals surface area (Å²) < 4.78 is 12.8. The summed E-state index contributed by atoms with van der Waals surface area (Å²) in [6.45, 7) is 1.46. The van der Waals surface area contributed by atoms with Gasteiger partial charge in [0.25, 0.3) is 0 Å². The molecule has 1 rings (SSSR count). The highest BCUT2D eigenvalue weighted by molar-refractivity contribution is 6.30. The van der Waals surface area contributed by atoms with Crippen molar-refractivity contribution in [3.8, 4) is 0 Å². The SMILES string of the molecule is CN(CCc1ccc(F)c(Cl)c1)CNN. The fraction of sp³-hybridized carbons (Fsp3) is 0.400. The molecule has 1 aromatic carbocycles. The minimum Gasteiger partial charge on any atom is -0.292 e. The molecule has 3 N–H and O–H groups in total. The first-order valence-electron chi connectivity index (χ1n) is 4.69. The average Bonchev–Trinajstić information content (AvgIpc) is 2.20. The zero-order chi connectivity index (χ0) is 11.3. The highest BCUT2D eigenvalue weighted by Crippen LogP contribution is 2.16. The molecular formula is C10H15ClFN3. The molecule has 3 nitrogen and oxygen atoms in total. The molecule has 15 heavy (non-hydrogen) atoms. The number of nitrogens with one attached hydrogen (secondary N) is 1. The Morgan fingerprint density at radius 2 is 2.27 bits per heavy atom. The summed E-state index contributed by atoms with van der Waals surface area (Å²) in [5, 5.41) is 0.173. The summed E-state index contributed by atoms with van der Waals surface area (Å²) in [6.07, 6.45) is 0.818. The average molecular weight is 232 g/mol. The van der Waals surface area contributed by atoms with Crippen LogP contribution in [0.3, 0.4) is 0 Å². The van der Waals surface area contributed by atoms with Crippen LogP contribution in [0, 0.1) is 5.82 Å². The second-order valence-electron chi connectivity index (χ2n) is 3.44. The van der Waals surface area contributed by atoms with Crippen LogP contribution in [-0.2, 0) is 6.42 Å². The number of hydrogen-bond acceptors (Lipinski definition) is 3. The number of hydrazine groups is 1. The molecule has 0 atom stereocenters. The van der Waals surface area contributed by atoms with Crippen LogP contribution in [0.5, 0.6) is 0 Å². The zero-order valence-electron chi connectivity index (χ0n) is 8.63. The van der Waals surface area contributed by atoms with Crippen molar-refractivity contribution in [3.05, 3.63) is 34.6 Å². The Balaban J connectivity index is 2.47. The predicted octanol–water partition coefficient (Wildman–Crippen LogP) is 1.37.